The quantitative estimate of drug-likeness (QED) is 0.165. The van der Waals surface area contributed by atoms with Crippen molar-refractivity contribution in [2.24, 2.45) is 4.99 Å². The molecule has 0 fully saturated rings. The average Bonchev–Trinajstić information content (AvgIpc) is 3.12. The number of fused-ring (bicyclic) bond motifs is 1. The van der Waals surface area contributed by atoms with E-state index in [2.05, 4.69) is 20.6 Å². The minimum Gasteiger partial charge on any atom is -0.493 e. The van der Waals surface area contributed by atoms with Crippen LogP contribution >= 0.6 is 24.0 Å². The van der Waals surface area contributed by atoms with Gasteiger partial charge in [0.15, 0.2) is 5.96 Å². The van der Waals surface area contributed by atoms with Gasteiger partial charge in [0, 0.05) is 62.6 Å². The average molecular weight is 526 g/mol. The number of nitrogens with one attached hydrogen (secondary N) is 3. The molecule has 0 atom stereocenters. The van der Waals surface area contributed by atoms with Crippen molar-refractivity contribution in [2.75, 3.05) is 39.2 Å². The van der Waals surface area contributed by atoms with Gasteiger partial charge in [-0.2, -0.15) is 0 Å². The Morgan fingerprint density at radius 3 is 2.83 bits per heavy atom. The third-order valence-electron chi connectivity index (χ3n) is 4.50. The lowest BCUT2D eigenvalue weighted by molar-refractivity contribution is 0.172. The number of ether oxygens (including phenoxy) is 2. The number of H-pyrrole nitrogens is 1. The fraction of sp³-hybridized carbons (Fsp3) is 0.318. The van der Waals surface area contributed by atoms with Crippen LogP contribution in [0.5, 0.6) is 5.75 Å². The number of anilines is 1. The summed E-state index contributed by atoms with van der Waals surface area (Å²) in [5.41, 5.74) is 2.84. The molecular formula is C22H28FIN4O2. The lowest BCUT2D eigenvalue weighted by Gasteiger charge is -2.13. The van der Waals surface area contributed by atoms with Crippen LogP contribution in [-0.4, -0.2) is 44.9 Å². The van der Waals surface area contributed by atoms with Crippen molar-refractivity contribution in [3.63, 3.8) is 0 Å². The molecule has 0 aliphatic heterocycles. The summed E-state index contributed by atoms with van der Waals surface area (Å²) < 4.78 is 24.1. The van der Waals surface area contributed by atoms with Crippen LogP contribution in [0.2, 0.25) is 0 Å². The van der Waals surface area contributed by atoms with Crippen LogP contribution in [0.1, 0.15) is 12.0 Å². The maximum absolute atomic E-state index is 13.3. The second-order valence-electron chi connectivity index (χ2n) is 6.60. The molecule has 0 saturated carbocycles. The van der Waals surface area contributed by atoms with Gasteiger partial charge in [0.05, 0.1) is 6.61 Å². The zero-order valence-electron chi connectivity index (χ0n) is 17.2. The maximum atomic E-state index is 13.3. The summed E-state index contributed by atoms with van der Waals surface area (Å²) >= 11 is 0. The predicted molar refractivity (Wildman–Crippen MR) is 131 cm³/mol. The van der Waals surface area contributed by atoms with Crippen molar-refractivity contribution < 1.29 is 13.9 Å². The Kier molecular flexibility index (Phi) is 9.88. The van der Waals surface area contributed by atoms with Gasteiger partial charge < -0.3 is 25.1 Å². The molecule has 0 radical (unpaired) electrons. The number of benzene rings is 2. The number of aromatic amines is 1. The second-order valence-corrected chi connectivity index (χ2v) is 6.60. The molecule has 30 heavy (non-hydrogen) atoms. The normalized spacial score (nSPS) is 11.2. The smallest absolute Gasteiger partial charge is 0.195 e. The highest BCUT2D eigenvalue weighted by atomic mass is 127. The maximum Gasteiger partial charge on any atom is 0.195 e. The Labute approximate surface area is 193 Å². The molecule has 3 rings (SSSR count). The number of aromatic nitrogens is 1. The van der Waals surface area contributed by atoms with Crippen LogP contribution in [0.15, 0.2) is 53.7 Å². The van der Waals surface area contributed by atoms with Crippen molar-refractivity contribution in [3.05, 3.63) is 60.0 Å². The number of rotatable bonds is 9. The van der Waals surface area contributed by atoms with Crippen LogP contribution in [0.25, 0.3) is 10.9 Å². The minimum atomic E-state index is -0.237. The first-order chi connectivity index (χ1) is 14.2. The zero-order chi connectivity index (χ0) is 20.5. The number of hydrogen-bond donors (Lipinski definition) is 3. The van der Waals surface area contributed by atoms with E-state index in [1.807, 2.05) is 36.5 Å². The largest absolute Gasteiger partial charge is 0.493 e. The molecule has 0 unspecified atom stereocenters. The van der Waals surface area contributed by atoms with Crippen LogP contribution in [0, 0.1) is 5.82 Å². The van der Waals surface area contributed by atoms with E-state index < -0.39 is 0 Å². The molecule has 0 aliphatic rings. The van der Waals surface area contributed by atoms with E-state index in [9.17, 15) is 4.39 Å². The second kappa shape index (κ2) is 12.4. The highest BCUT2D eigenvalue weighted by molar-refractivity contribution is 14.0. The molecular weight excluding hydrogens is 498 g/mol. The molecule has 0 spiro atoms. The fourth-order valence-electron chi connectivity index (χ4n) is 3.05. The van der Waals surface area contributed by atoms with Gasteiger partial charge in [-0.05, 0) is 42.3 Å². The van der Waals surface area contributed by atoms with Gasteiger partial charge in [-0.25, -0.2) is 4.39 Å². The van der Waals surface area contributed by atoms with Crippen molar-refractivity contribution in [3.8, 4) is 5.75 Å². The molecule has 1 aromatic heterocycles. The molecule has 0 aliphatic carbocycles. The van der Waals surface area contributed by atoms with E-state index in [-0.39, 0.29) is 29.8 Å². The topological polar surface area (TPSA) is 70.7 Å². The summed E-state index contributed by atoms with van der Waals surface area (Å²) in [5, 5.41) is 7.61. The monoisotopic (exact) mass is 526 g/mol. The van der Waals surface area contributed by atoms with E-state index in [0.29, 0.717) is 25.7 Å². The number of hydrogen-bond acceptors (Lipinski definition) is 3. The lowest BCUT2D eigenvalue weighted by Crippen LogP contribution is -2.32. The summed E-state index contributed by atoms with van der Waals surface area (Å²) in [6.45, 7) is 1.98. The Hall–Kier alpha value is -2.33. The van der Waals surface area contributed by atoms with Gasteiger partial charge in [0.25, 0.3) is 0 Å². The van der Waals surface area contributed by atoms with Crippen LogP contribution < -0.4 is 15.4 Å². The summed E-state index contributed by atoms with van der Waals surface area (Å²) in [6, 6.07) is 12.6. The first kappa shape index (κ1) is 23.9. The first-order valence-electron chi connectivity index (χ1n) is 9.64. The Morgan fingerprint density at radius 2 is 2.03 bits per heavy atom. The molecule has 1 heterocycles. The summed E-state index contributed by atoms with van der Waals surface area (Å²) in [7, 11) is 3.41. The fourth-order valence-corrected chi connectivity index (χ4v) is 3.05. The van der Waals surface area contributed by atoms with Gasteiger partial charge >= 0.3 is 0 Å². The molecule has 162 valence electrons. The zero-order valence-corrected chi connectivity index (χ0v) is 19.5. The van der Waals surface area contributed by atoms with Crippen LogP contribution in [0.3, 0.4) is 0 Å². The van der Waals surface area contributed by atoms with Gasteiger partial charge in [-0.15, -0.1) is 24.0 Å². The number of guanidine groups is 1. The summed E-state index contributed by atoms with van der Waals surface area (Å²) in [5.74, 6) is 1.23. The van der Waals surface area contributed by atoms with E-state index in [1.165, 1.54) is 12.1 Å². The molecule has 3 N–H and O–H groups in total. The third-order valence-corrected chi connectivity index (χ3v) is 4.50. The summed E-state index contributed by atoms with van der Waals surface area (Å²) in [4.78, 5) is 7.39. The van der Waals surface area contributed by atoms with E-state index >= 15 is 0 Å². The molecule has 0 bridgehead atoms. The molecule has 8 heteroatoms. The van der Waals surface area contributed by atoms with Gasteiger partial charge in [-0.3, -0.25) is 4.99 Å². The van der Waals surface area contributed by atoms with E-state index in [0.717, 1.165) is 40.7 Å². The Morgan fingerprint density at radius 1 is 1.17 bits per heavy atom. The Balaban J connectivity index is 0.00000320. The number of halogens is 2. The Bertz CT molecular complexity index is 961. The SMILES string of the molecule is CN=C(NCCc1c[nH]c2cc(F)ccc12)Nc1cccc(OCCCOC)c1.I. The third kappa shape index (κ3) is 6.88. The standard InChI is InChI=1S/C22H27FN4O2.HI/c1-24-22(27-18-5-3-6-19(14-18)29-12-4-11-28-2)25-10-9-16-15-26-21-13-17(23)7-8-20(16)21;/h3,5-8,13-15,26H,4,9-12H2,1-2H3,(H2,24,25,27);1H. The molecule has 3 aromatic rings. The van der Waals surface area contributed by atoms with Gasteiger partial charge in [-0.1, -0.05) is 6.07 Å². The molecule has 2 aromatic carbocycles. The molecule has 6 nitrogen and oxygen atoms in total. The number of aliphatic imine (C=N–C) groups is 1. The summed E-state index contributed by atoms with van der Waals surface area (Å²) in [6.07, 6.45) is 3.55. The predicted octanol–water partition coefficient (Wildman–Crippen LogP) is 4.57. The minimum absolute atomic E-state index is 0. The first-order valence-corrected chi connectivity index (χ1v) is 9.64. The van der Waals surface area contributed by atoms with Crippen molar-refractivity contribution in [1.82, 2.24) is 10.3 Å². The lowest BCUT2D eigenvalue weighted by atomic mass is 10.1. The number of nitrogens with zero attached hydrogens (tertiary/aromatic N) is 1. The van der Waals surface area contributed by atoms with Crippen molar-refractivity contribution >= 4 is 46.5 Å². The van der Waals surface area contributed by atoms with Crippen LogP contribution in [-0.2, 0) is 11.2 Å². The van der Waals surface area contributed by atoms with Gasteiger partial charge in [0.1, 0.15) is 11.6 Å². The van der Waals surface area contributed by atoms with E-state index in [1.54, 1.807) is 14.2 Å². The highest BCUT2D eigenvalue weighted by Crippen LogP contribution is 2.20. The van der Waals surface area contributed by atoms with Crippen molar-refractivity contribution in [1.29, 1.82) is 0 Å². The highest BCUT2D eigenvalue weighted by Gasteiger charge is 2.06. The van der Waals surface area contributed by atoms with Gasteiger partial charge in [0.2, 0.25) is 0 Å². The van der Waals surface area contributed by atoms with Crippen LogP contribution in [0.4, 0.5) is 10.1 Å². The van der Waals surface area contributed by atoms with Crippen molar-refractivity contribution in [2.45, 2.75) is 12.8 Å². The number of methoxy groups -OCH3 is 1. The van der Waals surface area contributed by atoms with E-state index in [4.69, 9.17) is 9.47 Å². The molecule has 0 saturated heterocycles. The molecule has 0 amide bonds.